The first-order valence-electron chi connectivity index (χ1n) is 5.57. The lowest BCUT2D eigenvalue weighted by Crippen LogP contribution is -2.51. The van der Waals surface area contributed by atoms with E-state index in [4.69, 9.17) is 5.73 Å². The first kappa shape index (κ1) is 14.6. The lowest BCUT2D eigenvalue weighted by molar-refractivity contribution is 0.345. The van der Waals surface area contributed by atoms with Crippen LogP contribution in [0.1, 0.15) is 27.2 Å². The van der Waals surface area contributed by atoms with Gasteiger partial charge in [0.1, 0.15) is 4.21 Å². The van der Waals surface area contributed by atoms with E-state index < -0.39 is 15.6 Å². The highest BCUT2D eigenvalue weighted by molar-refractivity contribution is 7.91. The van der Waals surface area contributed by atoms with E-state index in [0.717, 1.165) is 0 Å². The maximum Gasteiger partial charge on any atom is 0.250 e. The van der Waals surface area contributed by atoms with Gasteiger partial charge in [0.2, 0.25) is 0 Å². The molecule has 3 N–H and O–H groups in total. The van der Waals surface area contributed by atoms with Gasteiger partial charge in [0.05, 0.1) is 0 Å². The van der Waals surface area contributed by atoms with Gasteiger partial charge >= 0.3 is 0 Å². The largest absolute Gasteiger partial charge is 0.329 e. The van der Waals surface area contributed by atoms with Crippen LogP contribution < -0.4 is 10.5 Å². The number of hydrogen-bond acceptors (Lipinski definition) is 4. The Morgan fingerprint density at radius 2 is 2.18 bits per heavy atom. The molecule has 4 nitrogen and oxygen atoms in total. The van der Waals surface area contributed by atoms with Crippen LogP contribution in [0.2, 0.25) is 0 Å². The van der Waals surface area contributed by atoms with E-state index in [0.29, 0.717) is 16.5 Å². The van der Waals surface area contributed by atoms with Crippen molar-refractivity contribution < 1.29 is 8.42 Å². The Hall–Kier alpha value is -0.430. The molecule has 0 aliphatic carbocycles. The zero-order chi connectivity index (χ0) is 13.1. The lowest BCUT2D eigenvalue weighted by Gasteiger charge is -2.30. The van der Waals surface area contributed by atoms with Gasteiger partial charge < -0.3 is 5.73 Å². The van der Waals surface area contributed by atoms with Crippen molar-refractivity contribution in [2.24, 2.45) is 11.7 Å². The molecule has 0 aliphatic rings. The zero-order valence-corrected chi connectivity index (χ0v) is 12.1. The van der Waals surface area contributed by atoms with Gasteiger partial charge in [-0.1, -0.05) is 19.9 Å². The highest BCUT2D eigenvalue weighted by Gasteiger charge is 2.30. The quantitative estimate of drug-likeness (QED) is 0.832. The summed E-state index contributed by atoms with van der Waals surface area (Å²) in [4.78, 5) is 0. The van der Waals surface area contributed by atoms with Crippen LogP contribution in [0.15, 0.2) is 21.7 Å². The van der Waals surface area contributed by atoms with Crippen molar-refractivity contribution in [2.75, 3.05) is 6.54 Å². The predicted octanol–water partition coefficient (Wildman–Crippen LogP) is 1.79. The molecule has 0 aliphatic heterocycles. The summed E-state index contributed by atoms with van der Waals surface area (Å²) >= 11 is 1.21. The van der Waals surface area contributed by atoms with E-state index in [1.54, 1.807) is 17.5 Å². The normalized spacial score (nSPS) is 16.1. The molecule has 0 amide bonds. The number of nitrogens with one attached hydrogen (secondary N) is 1. The lowest BCUT2D eigenvalue weighted by atomic mass is 9.92. The maximum atomic E-state index is 12.1. The van der Waals surface area contributed by atoms with E-state index in [9.17, 15) is 8.42 Å². The standard InChI is InChI=1S/C11H20N2O2S2/c1-9(2)7-11(3,8-12)13-17(14,15)10-5-4-6-16-10/h4-6,9,13H,7-8,12H2,1-3H3. The Kier molecular flexibility index (Phi) is 4.71. The van der Waals surface area contributed by atoms with Crippen LogP contribution in [0.3, 0.4) is 0 Å². The minimum atomic E-state index is -3.44. The van der Waals surface area contributed by atoms with Crippen molar-refractivity contribution in [3.63, 3.8) is 0 Å². The number of nitrogens with two attached hydrogens (primary N) is 1. The molecule has 98 valence electrons. The smallest absolute Gasteiger partial charge is 0.250 e. The SMILES string of the molecule is CC(C)CC(C)(CN)NS(=O)(=O)c1cccs1. The molecular formula is C11H20N2O2S2. The Morgan fingerprint density at radius 1 is 1.53 bits per heavy atom. The van der Waals surface area contributed by atoms with Crippen LogP contribution in [0.4, 0.5) is 0 Å². The first-order valence-corrected chi connectivity index (χ1v) is 7.93. The van der Waals surface area contributed by atoms with Crippen LogP contribution >= 0.6 is 11.3 Å². The summed E-state index contributed by atoms with van der Waals surface area (Å²) in [5.41, 5.74) is 5.11. The fourth-order valence-electron chi connectivity index (χ4n) is 1.86. The molecule has 1 rings (SSSR count). The minimum absolute atomic E-state index is 0.287. The fourth-order valence-corrected chi connectivity index (χ4v) is 4.28. The molecule has 0 saturated carbocycles. The molecule has 0 aromatic carbocycles. The van der Waals surface area contributed by atoms with E-state index >= 15 is 0 Å². The summed E-state index contributed by atoms with van der Waals surface area (Å²) in [6, 6.07) is 3.32. The maximum absolute atomic E-state index is 12.1. The van der Waals surface area contributed by atoms with E-state index in [2.05, 4.69) is 4.72 Å². The summed E-state index contributed by atoms with van der Waals surface area (Å²) < 4.78 is 27.2. The zero-order valence-electron chi connectivity index (χ0n) is 10.4. The molecule has 1 unspecified atom stereocenters. The average Bonchev–Trinajstić information content (AvgIpc) is 2.68. The van der Waals surface area contributed by atoms with Crippen molar-refractivity contribution in [3.8, 4) is 0 Å². The Labute approximate surface area is 107 Å². The van der Waals surface area contributed by atoms with Crippen LogP contribution in [0.5, 0.6) is 0 Å². The first-order chi connectivity index (χ1) is 7.79. The van der Waals surface area contributed by atoms with Crippen LogP contribution in [-0.4, -0.2) is 20.5 Å². The molecular weight excluding hydrogens is 256 g/mol. The Morgan fingerprint density at radius 3 is 2.59 bits per heavy atom. The second kappa shape index (κ2) is 5.48. The van der Waals surface area contributed by atoms with Crippen molar-refractivity contribution in [1.29, 1.82) is 0 Å². The monoisotopic (exact) mass is 276 g/mol. The molecule has 1 atom stereocenters. The van der Waals surface area contributed by atoms with Gasteiger partial charge in [-0.05, 0) is 30.7 Å². The van der Waals surface area contributed by atoms with Gasteiger partial charge in [-0.25, -0.2) is 13.1 Å². The van der Waals surface area contributed by atoms with Crippen molar-refractivity contribution in [2.45, 2.75) is 36.9 Å². The molecule has 1 heterocycles. The third kappa shape index (κ3) is 4.06. The van der Waals surface area contributed by atoms with Crippen molar-refractivity contribution in [1.82, 2.24) is 4.72 Å². The Bertz CT molecular complexity index is 440. The number of sulfonamides is 1. The predicted molar refractivity (Wildman–Crippen MR) is 71.6 cm³/mol. The number of rotatable bonds is 6. The summed E-state index contributed by atoms with van der Waals surface area (Å²) in [5.74, 6) is 0.384. The Balaban J connectivity index is 2.88. The number of hydrogen-bond donors (Lipinski definition) is 2. The molecule has 6 heteroatoms. The summed E-state index contributed by atoms with van der Waals surface area (Å²) in [6.45, 7) is 6.23. The average molecular weight is 276 g/mol. The van der Waals surface area contributed by atoms with Crippen molar-refractivity contribution in [3.05, 3.63) is 17.5 Å². The van der Waals surface area contributed by atoms with Gasteiger partial charge in [-0.2, -0.15) is 0 Å². The van der Waals surface area contributed by atoms with Gasteiger partial charge in [0.25, 0.3) is 10.0 Å². The fraction of sp³-hybridized carbons (Fsp3) is 0.636. The topological polar surface area (TPSA) is 72.2 Å². The summed E-state index contributed by atoms with van der Waals surface area (Å²) in [5, 5.41) is 1.75. The second-order valence-electron chi connectivity index (χ2n) is 4.90. The van der Waals surface area contributed by atoms with Crippen molar-refractivity contribution >= 4 is 21.4 Å². The number of thiophene rings is 1. The van der Waals surface area contributed by atoms with E-state index in [1.165, 1.54) is 11.3 Å². The van der Waals surface area contributed by atoms with Crippen LogP contribution in [-0.2, 0) is 10.0 Å². The second-order valence-corrected chi connectivity index (χ2v) is 7.76. The highest BCUT2D eigenvalue weighted by atomic mass is 32.2. The van der Waals surface area contributed by atoms with Gasteiger partial charge in [0.15, 0.2) is 0 Å². The molecule has 0 fully saturated rings. The molecule has 0 radical (unpaired) electrons. The molecule has 0 bridgehead atoms. The summed E-state index contributed by atoms with van der Waals surface area (Å²) in [7, 11) is -3.44. The molecule has 17 heavy (non-hydrogen) atoms. The van der Waals surface area contributed by atoms with Crippen LogP contribution in [0, 0.1) is 5.92 Å². The van der Waals surface area contributed by atoms with Gasteiger partial charge in [-0.15, -0.1) is 11.3 Å². The highest BCUT2D eigenvalue weighted by Crippen LogP contribution is 2.21. The molecule has 0 saturated heterocycles. The van der Waals surface area contributed by atoms with E-state index in [1.807, 2.05) is 20.8 Å². The molecule has 1 aromatic rings. The summed E-state index contributed by atoms with van der Waals surface area (Å²) in [6.07, 6.45) is 0.716. The minimum Gasteiger partial charge on any atom is -0.329 e. The molecule has 1 aromatic heterocycles. The van der Waals surface area contributed by atoms with E-state index in [-0.39, 0.29) is 6.54 Å². The third-order valence-electron chi connectivity index (χ3n) is 2.45. The van der Waals surface area contributed by atoms with Crippen LogP contribution in [0.25, 0.3) is 0 Å². The van der Waals surface area contributed by atoms with Gasteiger partial charge in [-0.3, -0.25) is 0 Å². The van der Waals surface area contributed by atoms with Gasteiger partial charge in [0, 0.05) is 12.1 Å². The third-order valence-corrected chi connectivity index (χ3v) is 5.49. The molecule has 0 spiro atoms.